The summed E-state index contributed by atoms with van der Waals surface area (Å²) in [6.45, 7) is 3.73. The van der Waals surface area contributed by atoms with Crippen molar-refractivity contribution in [3.05, 3.63) is 59.9 Å². The molecule has 1 aliphatic rings. The van der Waals surface area contributed by atoms with Gasteiger partial charge in [-0.05, 0) is 42.2 Å². The van der Waals surface area contributed by atoms with Gasteiger partial charge in [-0.1, -0.05) is 19.1 Å². The summed E-state index contributed by atoms with van der Waals surface area (Å²) in [6, 6.07) is 13.8. The number of amides is 1. The van der Waals surface area contributed by atoms with Crippen molar-refractivity contribution in [1.29, 1.82) is 5.26 Å². The number of H-pyrrole nitrogens is 1. The number of likely N-dealkylation sites (N-methyl/N-ethyl adjacent to an activating group) is 1. The normalized spacial score (nSPS) is 19.1. The Bertz CT molecular complexity index is 1070. The van der Waals surface area contributed by atoms with Crippen LogP contribution in [0.3, 0.4) is 0 Å². The van der Waals surface area contributed by atoms with Gasteiger partial charge in [0.2, 0.25) is 5.91 Å². The number of carbonyl (C=O) groups excluding carboxylic acids is 1. The minimum atomic E-state index is 0.118. The van der Waals surface area contributed by atoms with Gasteiger partial charge in [-0.25, -0.2) is 4.98 Å². The Hall–Kier alpha value is -3.33. The molecule has 1 aromatic carbocycles. The quantitative estimate of drug-likeness (QED) is 0.745. The number of rotatable bonds is 4. The second kappa shape index (κ2) is 7.96. The molecule has 0 saturated carbocycles. The van der Waals surface area contributed by atoms with E-state index in [1.165, 1.54) is 0 Å². The van der Waals surface area contributed by atoms with E-state index in [1.54, 1.807) is 12.1 Å². The predicted molar refractivity (Wildman–Crippen MR) is 114 cm³/mol. The number of nitrogens with zero attached hydrogens (tertiary/aromatic N) is 4. The second-order valence-corrected chi connectivity index (χ2v) is 7.84. The molecular weight excluding hydrogens is 362 g/mol. The van der Waals surface area contributed by atoms with E-state index >= 15 is 0 Å². The molecule has 1 aliphatic heterocycles. The number of fused-ring (bicyclic) bond motifs is 1. The van der Waals surface area contributed by atoms with E-state index in [-0.39, 0.29) is 11.9 Å². The van der Waals surface area contributed by atoms with Crippen molar-refractivity contribution in [2.24, 2.45) is 5.92 Å². The molecule has 148 valence electrons. The summed E-state index contributed by atoms with van der Waals surface area (Å²) in [5.41, 5.74) is 3.49. The van der Waals surface area contributed by atoms with Gasteiger partial charge < -0.3 is 14.8 Å². The molecule has 4 rings (SSSR count). The van der Waals surface area contributed by atoms with Crippen molar-refractivity contribution in [2.75, 3.05) is 25.0 Å². The molecule has 1 amide bonds. The summed E-state index contributed by atoms with van der Waals surface area (Å²) < 4.78 is 0. The van der Waals surface area contributed by atoms with E-state index in [9.17, 15) is 4.79 Å². The number of aromatic amines is 1. The summed E-state index contributed by atoms with van der Waals surface area (Å²) in [6.07, 6.45) is 5.03. The molecule has 1 saturated heterocycles. The van der Waals surface area contributed by atoms with Crippen LogP contribution in [0.4, 0.5) is 5.69 Å². The van der Waals surface area contributed by atoms with Gasteiger partial charge in [0, 0.05) is 49.6 Å². The molecule has 0 aliphatic carbocycles. The van der Waals surface area contributed by atoms with E-state index in [0.29, 0.717) is 24.4 Å². The largest absolute Gasteiger partial charge is 0.369 e. The molecule has 1 unspecified atom stereocenters. The van der Waals surface area contributed by atoms with Crippen LogP contribution in [-0.2, 0) is 11.2 Å². The number of hydrogen-bond donors (Lipinski definition) is 1. The predicted octanol–water partition coefficient (Wildman–Crippen LogP) is 3.35. The topological polar surface area (TPSA) is 76.0 Å². The minimum Gasteiger partial charge on any atom is -0.369 e. The maximum Gasteiger partial charge on any atom is 0.227 e. The second-order valence-electron chi connectivity index (χ2n) is 7.84. The average Bonchev–Trinajstić information content (AvgIpc) is 3.22. The summed E-state index contributed by atoms with van der Waals surface area (Å²) in [5.74, 6) is 0.597. The Morgan fingerprint density at radius 2 is 2.24 bits per heavy atom. The fourth-order valence-corrected chi connectivity index (χ4v) is 4.25. The first-order valence-electron chi connectivity index (χ1n) is 9.98. The van der Waals surface area contributed by atoms with Gasteiger partial charge in [-0.3, -0.25) is 4.79 Å². The zero-order valence-corrected chi connectivity index (χ0v) is 16.8. The fraction of sp³-hybridized carbons (Fsp3) is 0.348. The van der Waals surface area contributed by atoms with E-state index < -0.39 is 0 Å². The summed E-state index contributed by atoms with van der Waals surface area (Å²) in [5, 5.41) is 10.2. The van der Waals surface area contributed by atoms with Gasteiger partial charge in [0.15, 0.2) is 0 Å². The highest BCUT2D eigenvalue weighted by Crippen LogP contribution is 2.30. The average molecular weight is 387 g/mol. The Kier molecular flexibility index (Phi) is 5.22. The van der Waals surface area contributed by atoms with Gasteiger partial charge in [-0.15, -0.1) is 0 Å². The molecule has 0 radical (unpaired) electrons. The molecule has 29 heavy (non-hydrogen) atoms. The first-order valence-corrected chi connectivity index (χ1v) is 9.98. The lowest BCUT2D eigenvalue weighted by Crippen LogP contribution is -2.53. The van der Waals surface area contributed by atoms with Gasteiger partial charge in [0.1, 0.15) is 5.65 Å². The van der Waals surface area contributed by atoms with E-state index in [0.717, 1.165) is 35.2 Å². The van der Waals surface area contributed by atoms with Crippen LogP contribution < -0.4 is 4.90 Å². The highest BCUT2D eigenvalue weighted by molar-refractivity contribution is 5.89. The van der Waals surface area contributed by atoms with E-state index in [2.05, 4.69) is 34.9 Å². The molecular formula is C23H25N5O. The van der Waals surface area contributed by atoms with Crippen molar-refractivity contribution in [2.45, 2.75) is 25.8 Å². The molecule has 6 heteroatoms. The molecule has 2 atom stereocenters. The number of nitriles is 1. The van der Waals surface area contributed by atoms with Crippen LogP contribution in [0.25, 0.3) is 11.0 Å². The molecule has 3 heterocycles. The zero-order chi connectivity index (χ0) is 20.4. The number of piperidine rings is 1. The maximum absolute atomic E-state index is 13.0. The lowest BCUT2D eigenvalue weighted by Gasteiger charge is -2.42. The third-order valence-corrected chi connectivity index (χ3v) is 6.00. The SMILES string of the molecule is C[C@@H]1CCN(C(=O)Cc2cccc(C#N)c2)CC1N(C)c1ccnc2[nH]ccc12. The maximum atomic E-state index is 13.0. The lowest BCUT2D eigenvalue weighted by atomic mass is 9.91. The molecule has 1 N–H and O–H groups in total. The number of nitrogens with one attached hydrogen (secondary N) is 1. The zero-order valence-electron chi connectivity index (χ0n) is 16.8. The van der Waals surface area contributed by atoms with Crippen LogP contribution in [0.2, 0.25) is 0 Å². The Balaban J connectivity index is 1.51. The number of carbonyl (C=O) groups is 1. The van der Waals surface area contributed by atoms with Crippen LogP contribution in [0.15, 0.2) is 48.8 Å². The van der Waals surface area contributed by atoms with E-state index in [4.69, 9.17) is 5.26 Å². The molecule has 1 fully saturated rings. The van der Waals surface area contributed by atoms with Gasteiger partial charge in [0.25, 0.3) is 0 Å². The first-order chi connectivity index (χ1) is 14.1. The minimum absolute atomic E-state index is 0.118. The number of likely N-dealkylation sites (tertiary alicyclic amines) is 1. The molecule has 0 spiro atoms. The Morgan fingerprint density at radius 3 is 3.07 bits per heavy atom. The van der Waals surface area contributed by atoms with Gasteiger partial charge in [0.05, 0.1) is 18.1 Å². The van der Waals surface area contributed by atoms with Crippen molar-refractivity contribution in [3.8, 4) is 6.07 Å². The summed E-state index contributed by atoms with van der Waals surface area (Å²) in [4.78, 5) is 24.8. The summed E-state index contributed by atoms with van der Waals surface area (Å²) >= 11 is 0. The Morgan fingerprint density at radius 1 is 1.38 bits per heavy atom. The summed E-state index contributed by atoms with van der Waals surface area (Å²) in [7, 11) is 2.10. The van der Waals surface area contributed by atoms with E-state index in [1.807, 2.05) is 41.6 Å². The van der Waals surface area contributed by atoms with Crippen molar-refractivity contribution in [1.82, 2.24) is 14.9 Å². The lowest BCUT2D eigenvalue weighted by molar-refractivity contribution is -0.132. The highest BCUT2D eigenvalue weighted by Gasteiger charge is 2.32. The van der Waals surface area contributed by atoms with Crippen LogP contribution in [0.1, 0.15) is 24.5 Å². The highest BCUT2D eigenvalue weighted by atomic mass is 16.2. The van der Waals surface area contributed by atoms with Crippen molar-refractivity contribution < 1.29 is 4.79 Å². The van der Waals surface area contributed by atoms with Crippen molar-refractivity contribution in [3.63, 3.8) is 0 Å². The molecule has 3 aromatic rings. The standard InChI is InChI=1S/C23H25N5O/c1-16-8-11-28(22(29)13-17-4-3-5-18(12-17)14-24)15-21(16)27(2)20-7-10-26-23-19(20)6-9-25-23/h3-7,9-10,12,16,21H,8,11,13,15H2,1-2H3,(H,25,26)/t16-,21?/m1/s1. The van der Waals surface area contributed by atoms with Crippen molar-refractivity contribution >= 4 is 22.6 Å². The van der Waals surface area contributed by atoms with Gasteiger partial charge >= 0.3 is 0 Å². The third-order valence-electron chi connectivity index (χ3n) is 6.00. The molecule has 2 aromatic heterocycles. The third kappa shape index (κ3) is 3.81. The number of anilines is 1. The number of hydrogen-bond acceptors (Lipinski definition) is 4. The van der Waals surface area contributed by atoms with Crippen LogP contribution in [0, 0.1) is 17.2 Å². The Labute approximate surface area is 170 Å². The number of benzene rings is 1. The molecule has 6 nitrogen and oxygen atoms in total. The number of pyridine rings is 1. The monoisotopic (exact) mass is 387 g/mol. The van der Waals surface area contributed by atoms with Crippen LogP contribution >= 0.6 is 0 Å². The van der Waals surface area contributed by atoms with Crippen LogP contribution in [0.5, 0.6) is 0 Å². The number of aromatic nitrogens is 2. The smallest absolute Gasteiger partial charge is 0.227 e. The fourth-order valence-electron chi connectivity index (χ4n) is 4.25. The first kappa shape index (κ1) is 19.0. The molecule has 0 bridgehead atoms. The van der Waals surface area contributed by atoms with Crippen LogP contribution in [-0.4, -0.2) is 47.0 Å². The van der Waals surface area contributed by atoms with Gasteiger partial charge in [-0.2, -0.15) is 5.26 Å².